The summed E-state index contributed by atoms with van der Waals surface area (Å²) in [6.07, 6.45) is 0.143. The van der Waals surface area contributed by atoms with Gasteiger partial charge in [0.15, 0.2) is 0 Å². The predicted octanol–water partition coefficient (Wildman–Crippen LogP) is 1.18. The van der Waals surface area contributed by atoms with Crippen molar-refractivity contribution in [2.45, 2.75) is 26.4 Å². The van der Waals surface area contributed by atoms with Gasteiger partial charge in [0.05, 0.1) is 6.10 Å². The summed E-state index contributed by atoms with van der Waals surface area (Å²) in [6, 6.07) is 5.31. The van der Waals surface area contributed by atoms with Crippen LogP contribution in [0, 0.1) is 18.8 Å². The summed E-state index contributed by atoms with van der Waals surface area (Å²) in [5.74, 6) is 5.36. The van der Waals surface area contributed by atoms with Crippen LogP contribution in [0.5, 0.6) is 0 Å². The number of benzene rings is 1. The van der Waals surface area contributed by atoms with E-state index in [1.807, 2.05) is 6.92 Å². The summed E-state index contributed by atoms with van der Waals surface area (Å²) < 4.78 is 0. The average Bonchev–Trinajstić information content (AvgIpc) is 2.42. The van der Waals surface area contributed by atoms with Gasteiger partial charge >= 0.3 is 0 Å². The minimum absolute atomic E-state index is 0.0737. The molecular weight excluding hydrogens is 254 g/mol. The zero-order chi connectivity index (χ0) is 15.1. The van der Waals surface area contributed by atoms with Gasteiger partial charge in [-0.1, -0.05) is 11.8 Å². The fraction of sp³-hybridized carbons (Fsp3) is 0.438. The molecule has 1 aromatic rings. The molecular formula is C16H21NO3. The molecule has 1 rings (SSSR count). The maximum atomic E-state index is 12.2. The third-order valence-electron chi connectivity index (χ3n) is 3.00. The van der Waals surface area contributed by atoms with E-state index >= 15 is 0 Å². The van der Waals surface area contributed by atoms with Gasteiger partial charge < -0.3 is 15.1 Å². The average molecular weight is 275 g/mol. The topological polar surface area (TPSA) is 60.8 Å². The van der Waals surface area contributed by atoms with Gasteiger partial charge in [0.25, 0.3) is 5.91 Å². The number of rotatable bonds is 4. The monoisotopic (exact) mass is 275 g/mol. The first-order valence-electron chi connectivity index (χ1n) is 6.59. The summed E-state index contributed by atoms with van der Waals surface area (Å²) in [7, 11) is 1.72. The molecule has 108 valence electrons. The molecule has 2 N–H and O–H groups in total. The number of hydrogen-bond donors (Lipinski definition) is 2. The molecule has 20 heavy (non-hydrogen) atoms. The maximum absolute atomic E-state index is 12.2. The lowest BCUT2D eigenvalue weighted by atomic mass is 10.0. The fourth-order valence-corrected chi connectivity index (χ4v) is 1.77. The van der Waals surface area contributed by atoms with E-state index in [9.17, 15) is 9.90 Å². The van der Waals surface area contributed by atoms with Crippen molar-refractivity contribution in [3.05, 3.63) is 34.9 Å². The first-order chi connectivity index (χ1) is 9.45. The van der Waals surface area contributed by atoms with Gasteiger partial charge in [-0.05, 0) is 44.0 Å². The van der Waals surface area contributed by atoms with Crippen LogP contribution >= 0.6 is 0 Å². The molecule has 0 spiro atoms. The van der Waals surface area contributed by atoms with E-state index in [-0.39, 0.29) is 12.5 Å². The lowest BCUT2D eigenvalue weighted by molar-refractivity contribution is 0.0769. The van der Waals surface area contributed by atoms with E-state index in [4.69, 9.17) is 5.11 Å². The Morgan fingerprint density at radius 3 is 2.70 bits per heavy atom. The van der Waals surface area contributed by atoms with E-state index in [0.717, 1.165) is 11.1 Å². The molecule has 0 bridgehead atoms. The van der Waals surface area contributed by atoms with Gasteiger partial charge in [0.1, 0.15) is 6.61 Å². The van der Waals surface area contributed by atoms with E-state index in [2.05, 4.69) is 11.8 Å². The molecule has 0 saturated heterocycles. The van der Waals surface area contributed by atoms with Crippen molar-refractivity contribution >= 4 is 5.91 Å². The van der Waals surface area contributed by atoms with Gasteiger partial charge in [-0.3, -0.25) is 4.79 Å². The first-order valence-corrected chi connectivity index (χ1v) is 6.59. The highest BCUT2D eigenvalue weighted by molar-refractivity contribution is 5.94. The van der Waals surface area contributed by atoms with Crippen molar-refractivity contribution in [2.75, 3.05) is 20.2 Å². The fourth-order valence-electron chi connectivity index (χ4n) is 1.77. The van der Waals surface area contributed by atoms with E-state index in [0.29, 0.717) is 18.5 Å². The third-order valence-corrected chi connectivity index (χ3v) is 3.00. The molecule has 4 heteroatoms. The number of amides is 1. The molecule has 1 amide bonds. The Labute approximate surface area is 120 Å². The van der Waals surface area contributed by atoms with Crippen LogP contribution in [-0.4, -0.2) is 47.3 Å². The van der Waals surface area contributed by atoms with Gasteiger partial charge in [-0.25, -0.2) is 0 Å². The van der Waals surface area contributed by atoms with Crippen LogP contribution in [0.2, 0.25) is 0 Å². The first kappa shape index (κ1) is 16.2. The zero-order valence-corrected chi connectivity index (χ0v) is 12.2. The lowest BCUT2D eigenvalue weighted by Crippen LogP contribution is -2.29. The van der Waals surface area contributed by atoms with E-state index in [1.165, 1.54) is 0 Å². The minimum atomic E-state index is -0.414. The van der Waals surface area contributed by atoms with Gasteiger partial charge in [0.2, 0.25) is 0 Å². The van der Waals surface area contributed by atoms with Crippen LogP contribution < -0.4 is 0 Å². The molecule has 1 aromatic carbocycles. The number of nitrogens with zero attached hydrogens (tertiary/aromatic N) is 1. The number of hydrogen-bond acceptors (Lipinski definition) is 3. The smallest absolute Gasteiger partial charge is 0.253 e. The van der Waals surface area contributed by atoms with Crippen LogP contribution in [0.4, 0.5) is 0 Å². The molecule has 0 aromatic heterocycles. The summed E-state index contributed by atoms with van der Waals surface area (Å²) in [5, 5.41) is 17.9. The van der Waals surface area contributed by atoms with Crippen LogP contribution in [0.15, 0.2) is 18.2 Å². The quantitative estimate of drug-likeness (QED) is 0.811. The number of aryl methyl sites for hydroxylation is 1. The van der Waals surface area contributed by atoms with Crippen molar-refractivity contribution < 1.29 is 15.0 Å². The molecule has 0 aliphatic rings. The van der Waals surface area contributed by atoms with E-state index in [1.54, 1.807) is 37.1 Å². The second-order valence-corrected chi connectivity index (χ2v) is 4.85. The number of carbonyl (C=O) groups excluding carboxylic acids is 1. The predicted molar refractivity (Wildman–Crippen MR) is 78.4 cm³/mol. The molecule has 0 aliphatic carbocycles. The highest BCUT2D eigenvalue weighted by Crippen LogP contribution is 2.12. The minimum Gasteiger partial charge on any atom is -0.393 e. The Kier molecular flexibility index (Phi) is 6.23. The molecule has 0 aliphatic heterocycles. The van der Waals surface area contributed by atoms with Crippen LogP contribution in [0.25, 0.3) is 0 Å². The Hall–Kier alpha value is -1.83. The second kappa shape index (κ2) is 7.68. The van der Waals surface area contributed by atoms with Crippen LogP contribution in [0.1, 0.15) is 34.8 Å². The summed E-state index contributed by atoms with van der Waals surface area (Å²) >= 11 is 0. The third kappa shape index (κ3) is 4.69. The highest BCUT2D eigenvalue weighted by atomic mass is 16.3. The number of carbonyl (C=O) groups is 1. The Bertz CT molecular complexity index is 526. The van der Waals surface area contributed by atoms with Crippen molar-refractivity contribution in [1.82, 2.24) is 4.90 Å². The molecule has 0 radical (unpaired) electrons. The molecule has 0 heterocycles. The highest BCUT2D eigenvalue weighted by Gasteiger charge is 2.13. The molecule has 4 nitrogen and oxygen atoms in total. The number of aliphatic hydroxyl groups is 2. The zero-order valence-electron chi connectivity index (χ0n) is 12.2. The summed E-state index contributed by atoms with van der Waals surface area (Å²) in [6.45, 7) is 3.93. The molecule has 1 unspecified atom stereocenters. The largest absolute Gasteiger partial charge is 0.393 e. The van der Waals surface area contributed by atoms with Crippen LogP contribution in [-0.2, 0) is 0 Å². The Balaban J connectivity index is 2.81. The Morgan fingerprint density at radius 1 is 1.45 bits per heavy atom. The molecule has 0 saturated carbocycles. The maximum Gasteiger partial charge on any atom is 0.253 e. The Morgan fingerprint density at radius 2 is 2.15 bits per heavy atom. The normalized spacial score (nSPS) is 11.4. The standard InChI is InChI=1S/C16H21NO3/c1-12-11-15(7-6-14(12)5-4-10-18)16(20)17(3)9-8-13(2)19/h6-7,11,13,18-19H,8-10H2,1-3H3. The van der Waals surface area contributed by atoms with Crippen molar-refractivity contribution in [1.29, 1.82) is 0 Å². The second-order valence-electron chi connectivity index (χ2n) is 4.85. The summed E-state index contributed by atoms with van der Waals surface area (Å²) in [4.78, 5) is 13.8. The lowest BCUT2D eigenvalue weighted by Gasteiger charge is -2.18. The van der Waals surface area contributed by atoms with E-state index < -0.39 is 6.10 Å². The number of aliphatic hydroxyl groups excluding tert-OH is 2. The molecule has 1 atom stereocenters. The van der Waals surface area contributed by atoms with Gasteiger partial charge in [-0.2, -0.15) is 0 Å². The van der Waals surface area contributed by atoms with Gasteiger partial charge in [0, 0.05) is 24.7 Å². The summed E-state index contributed by atoms with van der Waals surface area (Å²) in [5.41, 5.74) is 2.31. The SMILES string of the molecule is Cc1cc(C(=O)N(C)CCC(C)O)ccc1C#CCO. The van der Waals surface area contributed by atoms with Crippen molar-refractivity contribution in [3.8, 4) is 11.8 Å². The van der Waals surface area contributed by atoms with Crippen molar-refractivity contribution in [2.24, 2.45) is 0 Å². The van der Waals surface area contributed by atoms with Gasteiger partial charge in [-0.15, -0.1) is 0 Å². The molecule has 0 fully saturated rings. The van der Waals surface area contributed by atoms with Crippen molar-refractivity contribution in [3.63, 3.8) is 0 Å². The van der Waals surface area contributed by atoms with Crippen LogP contribution in [0.3, 0.4) is 0 Å².